The highest BCUT2D eigenvalue weighted by atomic mass is 19.4. The predicted octanol–water partition coefficient (Wildman–Crippen LogP) is 3.86. The first-order chi connectivity index (χ1) is 12.4. The van der Waals surface area contributed by atoms with Crippen LogP contribution >= 0.6 is 0 Å². The summed E-state index contributed by atoms with van der Waals surface area (Å²) in [7, 11) is 0. The van der Waals surface area contributed by atoms with Crippen molar-refractivity contribution in [1.82, 2.24) is 9.88 Å². The van der Waals surface area contributed by atoms with E-state index >= 15 is 0 Å². The second-order valence-corrected chi connectivity index (χ2v) is 7.66. The zero-order valence-electron chi connectivity index (χ0n) is 14.3. The molecule has 1 aromatic carbocycles. The fourth-order valence-electron chi connectivity index (χ4n) is 4.72. The molecule has 2 bridgehead atoms. The molecule has 4 fully saturated rings. The van der Waals surface area contributed by atoms with Crippen molar-refractivity contribution in [3.05, 3.63) is 36.0 Å². The lowest BCUT2D eigenvalue weighted by Gasteiger charge is -2.50. The summed E-state index contributed by atoms with van der Waals surface area (Å²) >= 11 is 0. The number of pyridine rings is 1. The van der Waals surface area contributed by atoms with Crippen molar-refractivity contribution in [2.24, 2.45) is 5.92 Å². The highest BCUT2D eigenvalue weighted by molar-refractivity contribution is 5.84. The number of hydrogen-bond donors (Lipinski definition) is 0. The number of piperidine rings is 3. The van der Waals surface area contributed by atoms with Crippen molar-refractivity contribution >= 4 is 16.6 Å². The minimum atomic E-state index is -4.34. The number of nitrogens with zero attached hydrogens (tertiary/aromatic N) is 3. The van der Waals surface area contributed by atoms with Gasteiger partial charge in [-0.25, -0.2) is 10.0 Å². The molecule has 0 amide bonds. The summed E-state index contributed by atoms with van der Waals surface area (Å²) in [6, 6.07) is 5.58. The third-order valence-corrected chi connectivity index (χ3v) is 6.14. The Morgan fingerprint density at radius 1 is 1.08 bits per heavy atom. The summed E-state index contributed by atoms with van der Waals surface area (Å²) in [5.41, 5.74) is -0.768. The van der Waals surface area contributed by atoms with E-state index in [-0.39, 0.29) is 5.60 Å². The van der Waals surface area contributed by atoms with Gasteiger partial charge in [-0.2, -0.15) is 13.2 Å². The van der Waals surface area contributed by atoms with E-state index in [1.165, 1.54) is 25.1 Å². The molecule has 0 aliphatic carbocycles. The SMILES string of the molecule is FC(F)(F)c1ccc2cc(N3CCC4(CN5CCC4CC5)O3)ncc2c1. The fourth-order valence-corrected chi connectivity index (χ4v) is 4.72. The maximum absolute atomic E-state index is 12.9. The van der Waals surface area contributed by atoms with Crippen LogP contribution in [0.15, 0.2) is 30.5 Å². The molecular formula is C19H20F3N3O. The highest BCUT2D eigenvalue weighted by Crippen LogP contribution is 2.45. The molecule has 2 aromatic rings. The lowest BCUT2D eigenvalue weighted by molar-refractivity contribution is -0.137. The Balaban J connectivity index is 1.41. The Bertz CT molecular complexity index is 848. The molecule has 4 saturated heterocycles. The molecule has 4 aliphatic heterocycles. The molecule has 7 heteroatoms. The Hall–Kier alpha value is -1.86. The van der Waals surface area contributed by atoms with Crippen molar-refractivity contribution in [2.45, 2.75) is 31.0 Å². The van der Waals surface area contributed by atoms with Crippen LogP contribution in [0.4, 0.5) is 19.0 Å². The summed E-state index contributed by atoms with van der Waals surface area (Å²) in [5.74, 6) is 1.26. The zero-order chi connectivity index (χ0) is 17.9. The maximum Gasteiger partial charge on any atom is 0.416 e. The smallest absolute Gasteiger partial charge is 0.300 e. The standard InChI is InChI=1S/C19H20F3N3O/c20-19(21,22)16-2-1-13-10-17(23-11-14(13)9-16)25-8-5-18(26-25)12-24-6-3-15(18)4-7-24/h1-2,9-11,15H,3-8,12H2. The molecule has 138 valence electrons. The van der Waals surface area contributed by atoms with Gasteiger partial charge < -0.3 is 4.90 Å². The number of alkyl halides is 3. The molecule has 26 heavy (non-hydrogen) atoms. The third-order valence-electron chi connectivity index (χ3n) is 6.14. The molecule has 4 aliphatic rings. The summed E-state index contributed by atoms with van der Waals surface area (Å²) in [4.78, 5) is 13.2. The molecule has 1 spiro atoms. The van der Waals surface area contributed by atoms with Crippen LogP contribution in [0.25, 0.3) is 10.8 Å². The first kappa shape index (κ1) is 16.3. The molecule has 1 atom stereocenters. The van der Waals surface area contributed by atoms with Crippen LogP contribution < -0.4 is 5.06 Å². The number of benzene rings is 1. The molecular weight excluding hydrogens is 343 g/mol. The first-order valence-electron chi connectivity index (χ1n) is 9.09. The third kappa shape index (κ3) is 2.56. The summed E-state index contributed by atoms with van der Waals surface area (Å²) in [6.45, 7) is 4.05. The van der Waals surface area contributed by atoms with Gasteiger partial charge in [-0.3, -0.25) is 4.84 Å². The van der Waals surface area contributed by atoms with Crippen molar-refractivity contribution in [1.29, 1.82) is 0 Å². The van der Waals surface area contributed by atoms with Crippen LogP contribution in [0, 0.1) is 5.92 Å². The van der Waals surface area contributed by atoms with Crippen LogP contribution in [0.1, 0.15) is 24.8 Å². The minimum absolute atomic E-state index is 0.118. The normalized spacial score (nSPS) is 31.3. The number of halogens is 3. The summed E-state index contributed by atoms with van der Waals surface area (Å²) in [5, 5.41) is 3.06. The van der Waals surface area contributed by atoms with Crippen LogP contribution in [0.3, 0.4) is 0 Å². The van der Waals surface area contributed by atoms with Gasteiger partial charge in [-0.05, 0) is 55.4 Å². The molecule has 6 rings (SSSR count). The molecule has 1 aromatic heterocycles. The van der Waals surface area contributed by atoms with Gasteiger partial charge >= 0.3 is 6.18 Å². The van der Waals surface area contributed by atoms with E-state index in [0.717, 1.165) is 50.1 Å². The Labute approximate surface area is 149 Å². The van der Waals surface area contributed by atoms with Gasteiger partial charge in [0.25, 0.3) is 0 Å². The Morgan fingerprint density at radius 3 is 2.58 bits per heavy atom. The monoisotopic (exact) mass is 363 g/mol. The van der Waals surface area contributed by atoms with Crippen LogP contribution in [0.5, 0.6) is 0 Å². The van der Waals surface area contributed by atoms with Gasteiger partial charge in [0, 0.05) is 24.5 Å². The zero-order valence-corrected chi connectivity index (χ0v) is 14.3. The van der Waals surface area contributed by atoms with Crippen molar-refractivity contribution in [2.75, 3.05) is 31.2 Å². The predicted molar refractivity (Wildman–Crippen MR) is 91.7 cm³/mol. The van der Waals surface area contributed by atoms with Crippen molar-refractivity contribution in [3.63, 3.8) is 0 Å². The average molecular weight is 363 g/mol. The van der Waals surface area contributed by atoms with Crippen LogP contribution in [0.2, 0.25) is 0 Å². The molecule has 0 saturated carbocycles. The van der Waals surface area contributed by atoms with Gasteiger partial charge in [0.05, 0.1) is 12.1 Å². The summed E-state index contributed by atoms with van der Waals surface area (Å²) < 4.78 is 38.6. The number of anilines is 1. The van der Waals surface area contributed by atoms with Gasteiger partial charge in [0.2, 0.25) is 0 Å². The second-order valence-electron chi connectivity index (χ2n) is 7.66. The quantitative estimate of drug-likeness (QED) is 0.769. The topological polar surface area (TPSA) is 28.6 Å². The van der Waals surface area contributed by atoms with Gasteiger partial charge in [-0.15, -0.1) is 0 Å². The van der Waals surface area contributed by atoms with Gasteiger partial charge in [-0.1, -0.05) is 6.07 Å². The molecule has 4 nitrogen and oxygen atoms in total. The fraction of sp³-hybridized carbons (Fsp3) is 0.526. The Morgan fingerprint density at radius 2 is 1.88 bits per heavy atom. The molecule has 0 N–H and O–H groups in total. The van der Waals surface area contributed by atoms with Crippen molar-refractivity contribution < 1.29 is 18.0 Å². The van der Waals surface area contributed by atoms with E-state index in [1.54, 1.807) is 0 Å². The van der Waals surface area contributed by atoms with Gasteiger partial charge in [0.1, 0.15) is 5.60 Å². The lowest BCUT2D eigenvalue weighted by atomic mass is 9.74. The average Bonchev–Trinajstić information content (AvgIpc) is 3.04. The van der Waals surface area contributed by atoms with E-state index < -0.39 is 11.7 Å². The molecule has 1 unspecified atom stereocenters. The molecule has 0 radical (unpaired) electrons. The number of fused-ring (bicyclic) bond motifs is 3. The van der Waals surface area contributed by atoms with Gasteiger partial charge in [0.15, 0.2) is 5.82 Å². The second kappa shape index (κ2) is 5.57. The van der Waals surface area contributed by atoms with Crippen molar-refractivity contribution in [3.8, 4) is 0 Å². The van der Waals surface area contributed by atoms with E-state index in [0.29, 0.717) is 17.1 Å². The van der Waals surface area contributed by atoms with E-state index in [2.05, 4.69) is 9.88 Å². The number of aromatic nitrogens is 1. The number of hydrogen-bond acceptors (Lipinski definition) is 4. The van der Waals surface area contributed by atoms with E-state index in [9.17, 15) is 13.2 Å². The van der Waals surface area contributed by atoms with Crippen LogP contribution in [-0.4, -0.2) is 41.7 Å². The highest BCUT2D eigenvalue weighted by Gasteiger charge is 2.52. The Kier molecular flexibility index (Phi) is 3.49. The van der Waals surface area contributed by atoms with Crippen LogP contribution in [-0.2, 0) is 11.0 Å². The number of rotatable bonds is 1. The first-order valence-corrected chi connectivity index (χ1v) is 9.09. The largest absolute Gasteiger partial charge is 0.416 e. The number of hydroxylamine groups is 1. The minimum Gasteiger partial charge on any atom is -0.300 e. The molecule has 5 heterocycles. The van der Waals surface area contributed by atoms with E-state index in [1.807, 2.05) is 11.1 Å². The lowest BCUT2D eigenvalue weighted by Crippen LogP contribution is -2.59. The summed E-state index contributed by atoms with van der Waals surface area (Å²) in [6.07, 6.45) is 0.497. The maximum atomic E-state index is 12.9. The van der Waals surface area contributed by atoms with E-state index in [4.69, 9.17) is 4.84 Å².